The Morgan fingerprint density at radius 3 is 2.67 bits per heavy atom. The Balaban J connectivity index is 2.19. The van der Waals surface area contributed by atoms with Crippen LogP contribution in [0, 0.1) is 6.92 Å². The van der Waals surface area contributed by atoms with Crippen LogP contribution in [-0.2, 0) is 11.2 Å². The monoisotopic (exact) mass is 283 g/mol. The van der Waals surface area contributed by atoms with Crippen LogP contribution in [0.4, 0.5) is 11.6 Å². The molecule has 1 heterocycles. The SMILES string of the molecule is CC(=O)Cc1cc(C)nc(N=C(N)Nc2ccccc2)n1. The maximum absolute atomic E-state index is 11.2. The summed E-state index contributed by atoms with van der Waals surface area (Å²) in [5, 5.41) is 2.95. The van der Waals surface area contributed by atoms with E-state index in [0.717, 1.165) is 11.4 Å². The van der Waals surface area contributed by atoms with Crippen molar-refractivity contribution in [2.75, 3.05) is 5.32 Å². The second-order valence-electron chi connectivity index (χ2n) is 4.67. The van der Waals surface area contributed by atoms with Crippen molar-refractivity contribution in [2.45, 2.75) is 20.3 Å². The van der Waals surface area contributed by atoms with Gasteiger partial charge in [-0.25, -0.2) is 9.97 Å². The van der Waals surface area contributed by atoms with Gasteiger partial charge in [-0.2, -0.15) is 4.99 Å². The average molecular weight is 283 g/mol. The first-order chi connectivity index (χ1) is 10.0. The minimum absolute atomic E-state index is 0.0402. The molecule has 0 bridgehead atoms. The normalized spacial score (nSPS) is 11.2. The fraction of sp³-hybridized carbons (Fsp3) is 0.200. The van der Waals surface area contributed by atoms with Gasteiger partial charge in [0.1, 0.15) is 5.78 Å². The number of nitrogens with two attached hydrogens (primary N) is 1. The van der Waals surface area contributed by atoms with E-state index in [-0.39, 0.29) is 24.1 Å². The first kappa shape index (κ1) is 14.6. The molecule has 6 heteroatoms. The van der Waals surface area contributed by atoms with Gasteiger partial charge in [0.15, 0.2) is 0 Å². The summed E-state index contributed by atoms with van der Waals surface area (Å²) < 4.78 is 0. The second kappa shape index (κ2) is 6.60. The molecule has 0 saturated heterocycles. The smallest absolute Gasteiger partial charge is 0.253 e. The number of nitrogens with one attached hydrogen (secondary N) is 1. The van der Waals surface area contributed by atoms with E-state index in [9.17, 15) is 4.79 Å². The van der Waals surface area contributed by atoms with Gasteiger partial charge < -0.3 is 11.1 Å². The van der Waals surface area contributed by atoms with Crippen LogP contribution in [0.3, 0.4) is 0 Å². The van der Waals surface area contributed by atoms with Crippen LogP contribution in [0.5, 0.6) is 0 Å². The Bertz CT molecular complexity index is 667. The highest BCUT2D eigenvalue weighted by Gasteiger charge is 2.05. The molecule has 0 aliphatic carbocycles. The highest BCUT2D eigenvalue weighted by Crippen LogP contribution is 2.10. The lowest BCUT2D eigenvalue weighted by molar-refractivity contribution is -0.116. The fourth-order valence-electron chi connectivity index (χ4n) is 1.82. The van der Waals surface area contributed by atoms with Gasteiger partial charge in [0.25, 0.3) is 5.95 Å². The van der Waals surface area contributed by atoms with E-state index in [2.05, 4.69) is 20.3 Å². The molecule has 0 aliphatic rings. The summed E-state index contributed by atoms with van der Waals surface area (Å²) >= 11 is 0. The Kier molecular flexibility index (Phi) is 4.61. The number of rotatable bonds is 4. The Labute approximate surface area is 123 Å². The molecule has 6 nitrogen and oxygen atoms in total. The maximum atomic E-state index is 11.2. The zero-order valence-electron chi connectivity index (χ0n) is 12.0. The van der Waals surface area contributed by atoms with Gasteiger partial charge in [-0.15, -0.1) is 0 Å². The van der Waals surface area contributed by atoms with Gasteiger partial charge in [-0.3, -0.25) is 4.79 Å². The number of carbonyl (C=O) groups is 1. The molecule has 0 unspecified atom stereocenters. The van der Waals surface area contributed by atoms with Crippen molar-refractivity contribution in [3.63, 3.8) is 0 Å². The summed E-state index contributed by atoms with van der Waals surface area (Å²) in [5.41, 5.74) is 8.04. The topological polar surface area (TPSA) is 93.3 Å². The zero-order valence-corrected chi connectivity index (χ0v) is 12.0. The van der Waals surface area contributed by atoms with E-state index in [1.54, 1.807) is 6.07 Å². The van der Waals surface area contributed by atoms with Gasteiger partial charge in [0, 0.05) is 17.8 Å². The Hall–Kier alpha value is -2.76. The molecule has 0 atom stereocenters. The number of hydrogen-bond acceptors (Lipinski definition) is 4. The summed E-state index contributed by atoms with van der Waals surface area (Å²) in [6, 6.07) is 11.2. The molecule has 0 amide bonds. The van der Waals surface area contributed by atoms with Crippen molar-refractivity contribution in [3.05, 3.63) is 47.8 Å². The highest BCUT2D eigenvalue weighted by molar-refractivity contribution is 5.93. The molecule has 0 saturated carbocycles. The molecular formula is C15H17N5O. The minimum Gasteiger partial charge on any atom is -0.369 e. The average Bonchev–Trinajstić information content (AvgIpc) is 2.37. The molecule has 1 aromatic carbocycles. The van der Waals surface area contributed by atoms with Crippen molar-refractivity contribution in [1.29, 1.82) is 0 Å². The van der Waals surface area contributed by atoms with Crippen molar-refractivity contribution < 1.29 is 4.79 Å². The number of aromatic nitrogens is 2. The zero-order chi connectivity index (χ0) is 15.2. The van der Waals surface area contributed by atoms with E-state index in [1.165, 1.54) is 6.92 Å². The highest BCUT2D eigenvalue weighted by atomic mass is 16.1. The van der Waals surface area contributed by atoms with Crippen molar-refractivity contribution in [2.24, 2.45) is 10.7 Å². The predicted octanol–water partition coefficient (Wildman–Crippen LogP) is 1.97. The van der Waals surface area contributed by atoms with Crippen molar-refractivity contribution >= 4 is 23.4 Å². The number of guanidine groups is 1. The number of carbonyl (C=O) groups excluding carboxylic acids is 1. The molecule has 0 spiro atoms. The minimum atomic E-state index is 0.0402. The largest absolute Gasteiger partial charge is 0.369 e. The van der Waals surface area contributed by atoms with Gasteiger partial charge >= 0.3 is 0 Å². The Morgan fingerprint density at radius 2 is 2.00 bits per heavy atom. The molecule has 1 aromatic heterocycles. The van der Waals surface area contributed by atoms with E-state index < -0.39 is 0 Å². The number of Topliss-reactive ketones (excluding diaryl/α,β-unsaturated/α-hetero) is 1. The molecule has 108 valence electrons. The maximum Gasteiger partial charge on any atom is 0.253 e. The van der Waals surface area contributed by atoms with E-state index in [0.29, 0.717) is 5.69 Å². The number of anilines is 1. The summed E-state index contributed by atoms with van der Waals surface area (Å²) in [5.74, 6) is 0.478. The number of para-hydroxylation sites is 1. The third kappa shape index (κ3) is 4.68. The van der Waals surface area contributed by atoms with E-state index in [4.69, 9.17) is 5.73 Å². The van der Waals surface area contributed by atoms with Crippen LogP contribution in [0.15, 0.2) is 41.4 Å². The number of aryl methyl sites for hydroxylation is 1. The lowest BCUT2D eigenvalue weighted by atomic mass is 10.2. The van der Waals surface area contributed by atoms with Crippen LogP contribution in [0.2, 0.25) is 0 Å². The van der Waals surface area contributed by atoms with Crippen LogP contribution in [0.1, 0.15) is 18.3 Å². The van der Waals surface area contributed by atoms with E-state index >= 15 is 0 Å². The van der Waals surface area contributed by atoms with Crippen LogP contribution in [0.25, 0.3) is 0 Å². The quantitative estimate of drug-likeness (QED) is 0.661. The lowest BCUT2D eigenvalue weighted by Crippen LogP contribution is -2.22. The van der Waals surface area contributed by atoms with Gasteiger partial charge in [0.05, 0.1) is 5.69 Å². The van der Waals surface area contributed by atoms with Crippen molar-refractivity contribution in [1.82, 2.24) is 9.97 Å². The number of ketones is 1. The summed E-state index contributed by atoms with van der Waals surface area (Å²) in [6.07, 6.45) is 0.262. The molecule has 0 fully saturated rings. The molecule has 0 radical (unpaired) electrons. The van der Waals surface area contributed by atoms with Crippen LogP contribution < -0.4 is 11.1 Å². The first-order valence-corrected chi connectivity index (χ1v) is 6.53. The lowest BCUT2D eigenvalue weighted by Gasteiger charge is -2.05. The summed E-state index contributed by atoms with van der Waals surface area (Å²) in [4.78, 5) is 23.7. The predicted molar refractivity (Wildman–Crippen MR) is 82.5 cm³/mol. The molecule has 21 heavy (non-hydrogen) atoms. The van der Waals surface area contributed by atoms with Crippen LogP contribution >= 0.6 is 0 Å². The first-order valence-electron chi connectivity index (χ1n) is 6.53. The summed E-state index contributed by atoms with van der Waals surface area (Å²) in [7, 11) is 0. The number of nitrogens with zero attached hydrogens (tertiary/aromatic N) is 3. The summed E-state index contributed by atoms with van der Waals surface area (Å²) in [6.45, 7) is 3.34. The third-order valence-corrected chi connectivity index (χ3v) is 2.59. The third-order valence-electron chi connectivity index (χ3n) is 2.59. The molecule has 2 rings (SSSR count). The Morgan fingerprint density at radius 1 is 1.29 bits per heavy atom. The molecule has 3 N–H and O–H groups in total. The number of benzene rings is 1. The van der Waals surface area contributed by atoms with E-state index in [1.807, 2.05) is 37.3 Å². The van der Waals surface area contributed by atoms with Gasteiger partial charge in [-0.1, -0.05) is 18.2 Å². The van der Waals surface area contributed by atoms with Gasteiger partial charge in [-0.05, 0) is 32.0 Å². The molecular weight excluding hydrogens is 266 g/mol. The fourth-order valence-corrected chi connectivity index (χ4v) is 1.82. The number of hydrogen-bond donors (Lipinski definition) is 2. The molecule has 0 aliphatic heterocycles. The van der Waals surface area contributed by atoms with Crippen molar-refractivity contribution in [3.8, 4) is 0 Å². The standard InChI is InChI=1S/C15H17N5O/c1-10-8-13(9-11(2)21)19-15(17-10)20-14(16)18-12-6-4-3-5-7-12/h3-8H,9H2,1-2H3,(H3,16,17,18,19,20). The van der Waals surface area contributed by atoms with Gasteiger partial charge in [0.2, 0.25) is 5.96 Å². The van der Waals surface area contributed by atoms with Crippen LogP contribution in [-0.4, -0.2) is 21.7 Å². The second-order valence-corrected chi connectivity index (χ2v) is 4.67. The number of aliphatic imine (C=N–C) groups is 1. The molecule has 2 aromatic rings.